The summed E-state index contributed by atoms with van der Waals surface area (Å²) >= 11 is 0. The summed E-state index contributed by atoms with van der Waals surface area (Å²) < 4.78 is 0. The Kier molecular flexibility index (Phi) is 3.52. The van der Waals surface area contributed by atoms with Crippen molar-refractivity contribution in [2.75, 3.05) is 0 Å². The minimum atomic E-state index is -1.56. The van der Waals surface area contributed by atoms with Crippen molar-refractivity contribution in [2.24, 2.45) is 5.73 Å². The van der Waals surface area contributed by atoms with Crippen molar-refractivity contribution in [3.63, 3.8) is 0 Å². The molecular weight excluding hydrogens is 248 g/mol. The standard InChI is InChI=1S/C8H6N4O6/c9-7(13)5-3-1-2-4-6(5)8(14)10(11(15)16)12(17)18/h1-4H,(H2,9,13). The van der Waals surface area contributed by atoms with Crippen LogP contribution in [0.5, 0.6) is 0 Å². The molecule has 0 aliphatic carbocycles. The maximum atomic E-state index is 11.6. The maximum absolute atomic E-state index is 11.6. The molecule has 2 amide bonds. The Morgan fingerprint density at radius 3 is 1.89 bits per heavy atom. The van der Waals surface area contributed by atoms with Gasteiger partial charge < -0.3 is 5.73 Å². The molecule has 0 radical (unpaired) electrons. The van der Waals surface area contributed by atoms with Crippen LogP contribution >= 0.6 is 0 Å². The predicted molar refractivity (Wildman–Crippen MR) is 55.1 cm³/mol. The molecule has 1 aromatic rings. The summed E-state index contributed by atoms with van der Waals surface area (Å²) in [7, 11) is 0. The fourth-order valence-corrected chi connectivity index (χ4v) is 1.20. The largest absolute Gasteiger partial charge is 0.389 e. The minimum absolute atomic E-state index is 0.337. The zero-order valence-corrected chi connectivity index (χ0v) is 8.68. The first-order chi connectivity index (χ1) is 8.36. The SMILES string of the molecule is NC(=O)c1ccccc1C(=O)N([N+](=O)[O-])[N+](=O)[O-]. The second-order valence-electron chi connectivity index (χ2n) is 2.98. The number of nitro groups is 2. The first kappa shape index (κ1) is 13.0. The lowest BCUT2D eigenvalue weighted by atomic mass is 10.1. The summed E-state index contributed by atoms with van der Waals surface area (Å²) in [5, 5.41) is 17.0. The number of rotatable bonds is 4. The highest BCUT2D eigenvalue weighted by molar-refractivity contribution is 6.05. The monoisotopic (exact) mass is 254 g/mol. The van der Waals surface area contributed by atoms with Crippen molar-refractivity contribution in [1.29, 1.82) is 0 Å². The molecule has 2 N–H and O–H groups in total. The molecule has 1 aromatic carbocycles. The fraction of sp³-hybridized carbons (Fsp3) is 0. The average molecular weight is 254 g/mol. The highest BCUT2D eigenvalue weighted by Crippen LogP contribution is 2.11. The first-order valence-corrected chi connectivity index (χ1v) is 4.38. The molecule has 0 unspecified atom stereocenters. The number of primary amides is 1. The molecule has 0 saturated heterocycles. The van der Waals surface area contributed by atoms with E-state index in [-0.39, 0.29) is 5.56 Å². The lowest BCUT2D eigenvalue weighted by Crippen LogP contribution is -2.41. The Balaban J connectivity index is 3.30. The Morgan fingerprint density at radius 1 is 1.06 bits per heavy atom. The number of hydrazine groups is 2. The van der Waals surface area contributed by atoms with E-state index < -0.39 is 32.6 Å². The molecule has 0 atom stereocenters. The number of nitrogens with zero attached hydrogens (tertiary/aromatic N) is 3. The second kappa shape index (κ2) is 4.86. The summed E-state index contributed by atoms with van der Waals surface area (Å²) in [6.45, 7) is 0. The molecule has 0 bridgehead atoms. The maximum Gasteiger partial charge on any atom is 0.389 e. The summed E-state index contributed by atoms with van der Waals surface area (Å²) in [6, 6.07) is 4.81. The van der Waals surface area contributed by atoms with Crippen molar-refractivity contribution >= 4 is 11.8 Å². The molecule has 94 valence electrons. The highest BCUT2D eigenvalue weighted by Gasteiger charge is 2.39. The normalized spacial score (nSPS) is 9.56. The van der Waals surface area contributed by atoms with E-state index in [1.165, 1.54) is 12.1 Å². The van der Waals surface area contributed by atoms with Gasteiger partial charge in [-0.1, -0.05) is 12.1 Å². The Morgan fingerprint density at radius 2 is 1.50 bits per heavy atom. The number of carbonyl (C=O) groups excluding carboxylic acids is 2. The molecule has 10 heteroatoms. The van der Waals surface area contributed by atoms with Gasteiger partial charge in [0, 0.05) is 0 Å². The van der Waals surface area contributed by atoms with Gasteiger partial charge in [0.05, 0.1) is 11.1 Å². The molecule has 0 fully saturated rings. The molecule has 0 aromatic heterocycles. The molecule has 0 heterocycles. The van der Waals surface area contributed by atoms with Gasteiger partial charge >= 0.3 is 5.91 Å². The van der Waals surface area contributed by atoms with Crippen LogP contribution in [0.25, 0.3) is 0 Å². The fourth-order valence-electron chi connectivity index (χ4n) is 1.20. The van der Waals surface area contributed by atoms with Crippen molar-refractivity contribution in [3.8, 4) is 0 Å². The number of hydrogen-bond acceptors (Lipinski definition) is 6. The van der Waals surface area contributed by atoms with E-state index >= 15 is 0 Å². The lowest BCUT2D eigenvalue weighted by molar-refractivity contribution is -0.882. The van der Waals surface area contributed by atoms with Crippen molar-refractivity contribution in [2.45, 2.75) is 0 Å². The van der Waals surface area contributed by atoms with Gasteiger partial charge in [0.15, 0.2) is 0 Å². The van der Waals surface area contributed by atoms with Gasteiger partial charge in [-0.15, -0.1) is 0 Å². The Labute approximate surface area is 98.8 Å². The van der Waals surface area contributed by atoms with Gasteiger partial charge in [0.1, 0.15) is 0 Å². The average Bonchev–Trinajstić information content (AvgIpc) is 2.27. The van der Waals surface area contributed by atoms with Gasteiger partial charge in [-0.05, 0) is 12.1 Å². The van der Waals surface area contributed by atoms with E-state index in [0.29, 0.717) is 0 Å². The van der Waals surface area contributed by atoms with Crippen LogP contribution in [-0.2, 0) is 0 Å². The highest BCUT2D eigenvalue weighted by atomic mass is 16.8. The molecule has 18 heavy (non-hydrogen) atoms. The van der Waals surface area contributed by atoms with E-state index in [9.17, 15) is 29.8 Å². The molecule has 0 aliphatic rings. The summed E-state index contributed by atoms with van der Waals surface area (Å²) in [4.78, 5) is 43.4. The number of nitrogens with two attached hydrogens (primary N) is 1. The van der Waals surface area contributed by atoms with Crippen molar-refractivity contribution in [1.82, 2.24) is 5.12 Å². The Hall–Kier alpha value is -3.04. The molecule has 10 nitrogen and oxygen atoms in total. The third-order valence-corrected chi connectivity index (χ3v) is 1.91. The lowest BCUT2D eigenvalue weighted by Gasteiger charge is -2.05. The van der Waals surface area contributed by atoms with Gasteiger partial charge in [-0.2, -0.15) is 0 Å². The zero-order chi connectivity index (χ0) is 13.9. The minimum Gasteiger partial charge on any atom is -0.366 e. The first-order valence-electron chi connectivity index (χ1n) is 4.38. The third kappa shape index (κ3) is 2.37. The van der Waals surface area contributed by atoms with Gasteiger partial charge in [0.25, 0.3) is 0 Å². The summed E-state index contributed by atoms with van der Waals surface area (Å²) in [5.41, 5.74) is 4.10. The van der Waals surface area contributed by atoms with Crippen LogP contribution in [0, 0.1) is 20.2 Å². The van der Waals surface area contributed by atoms with Gasteiger partial charge in [0.2, 0.25) is 21.1 Å². The van der Waals surface area contributed by atoms with Crippen molar-refractivity contribution < 1.29 is 19.7 Å². The molecule has 0 spiro atoms. The van der Waals surface area contributed by atoms with Crippen LogP contribution in [0.2, 0.25) is 0 Å². The smallest absolute Gasteiger partial charge is 0.366 e. The zero-order valence-electron chi connectivity index (χ0n) is 8.68. The molecule has 1 rings (SSSR count). The van der Waals surface area contributed by atoms with Crippen molar-refractivity contribution in [3.05, 3.63) is 55.6 Å². The topological polar surface area (TPSA) is 150 Å². The number of hydrogen-bond donors (Lipinski definition) is 1. The van der Waals surface area contributed by atoms with E-state index in [0.717, 1.165) is 12.1 Å². The van der Waals surface area contributed by atoms with Crippen LogP contribution in [0.4, 0.5) is 0 Å². The molecular formula is C8H6N4O6. The van der Waals surface area contributed by atoms with E-state index in [4.69, 9.17) is 5.73 Å². The van der Waals surface area contributed by atoms with Gasteiger partial charge in [-0.25, -0.2) is 20.2 Å². The number of amides is 2. The molecule has 0 aliphatic heterocycles. The third-order valence-electron chi connectivity index (χ3n) is 1.91. The van der Waals surface area contributed by atoms with E-state index in [1.807, 2.05) is 0 Å². The van der Waals surface area contributed by atoms with Crippen LogP contribution < -0.4 is 5.73 Å². The molecule has 0 saturated carbocycles. The van der Waals surface area contributed by atoms with E-state index in [1.54, 1.807) is 0 Å². The van der Waals surface area contributed by atoms with Crippen LogP contribution in [0.15, 0.2) is 24.3 Å². The summed E-state index contributed by atoms with van der Waals surface area (Å²) in [5.74, 6) is -2.58. The van der Waals surface area contributed by atoms with Crippen LogP contribution in [-0.4, -0.2) is 27.0 Å². The predicted octanol–water partition coefficient (Wildman–Crippen LogP) is -0.389. The quantitative estimate of drug-likeness (QED) is 0.570. The van der Waals surface area contributed by atoms with Gasteiger partial charge in [-0.3, -0.25) is 9.59 Å². The van der Waals surface area contributed by atoms with E-state index in [2.05, 4.69) is 0 Å². The van der Waals surface area contributed by atoms with Crippen LogP contribution in [0.3, 0.4) is 0 Å². The summed E-state index contributed by atoms with van der Waals surface area (Å²) in [6.07, 6.45) is 0. The number of benzene rings is 1. The number of carbonyl (C=O) groups is 2. The Bertz CT molecular complexity index is 528. The van der Waals surface area contributed by atoms with Crippen LogP contribution in [0.1, 0.15) is 20.7 Å². The second-order valence-corrected chi connectivity index (χ2v) is 2.98.